The highest BCUT2D eigenvalue weighted by Gasteiger charge is 2.35. The molecule has 0 saturated carbocycles. The van der Waals surface area contributed by atoms with Crippen LogP contribution in [0.2, 0.25) is 0 Å². The van der Waals surface area contributed by atoms with Gasteiger partial charge in [0, 0.05) is 50.3 Å². The number of carbonyl (C=O) groups excluding carboxylic acids is 1. The lowest BCUT2D eigenvalue weighted by Gasteiger charge is -2.20. The first-order chi connectivity index (χ1) is 15.6. The highest BCUT2D eigenvalue weighted by Crippen LogP contribution is 2.47. The number of hydrogen-bond donors (Lipinski definition) is 7. The second-order valence-corrected chi connectivity index (χ2v) is 7.58. The van der Waals surface area contributed by atoms with Crippen LogP contribution in [0.4, 0.5) is 5.69 Å². The number of phenols is 2. The number of benzene rings is 2. The highest BCUT2D eigenvalue weighted by molar-refractivity contribution is 6.29. The number of nitrogens with two attached hydrogens (primary N) is 1. The third kappa shape index (κ3) is 3.89. The van der Waals surface area contributed by atoms with Crippen molar-refractivity contribution in [2.24, 2.45) is 5.73 Å². The molecular weight excluding hydrogens is 412 g/mol. The van der Waals surface area contributed by atoms with Gasteiger partial charge in [0.05, 0.1) is 35.4 Å². The van der Waals surface area contributed by atoms with Crippen LogP contribution in [-0.4, -0.2) is 76.8 Å². The molecule has 0 aliphatic heterocycles. The van der Waals surface area contributed by atoms with Crippen LogP contribution in [0.5, 0.6) is 11.5 Å². The number of fused-ring (bicyclic) bond motifs is 2. The summed E-state index contributed by atoms with van der Waals surface area (Å²) in [4.78, 5) is 13.5. The van der Waals surface area contributed by atoms with Gasteiger partial charge in [-0.25, -0.2) is 0 Å². The SMILES string of the molecule is NCCNCCNc1ccc2c3c(nn2CCNCCO)-c2c(O)ccc(O)c2C(=O)c13. The van der Waals surface area contributed by atoms with E-state index >= 15 is 0 Å². The Kier molecular flexibility index (Phi) is 6.56. The second kappa shape index (κ2) is 9.53. The number of aromatic hydroxyl groups is 2. The van der Waals surface area contributed by atoms with E-state index < -0.39 is 0 Å². The fraction of sp³-hybridized carbons (Fsp3) is 0.364. The number of ketones is 1. The van der Waals surface area contributed by atoms with Crippen LogP contribution in [0, 0.1) is 0 Å². The standard InChI is InChI=1S/C22H28N6O4/c23-5-6-24-7-8-26-13-1-2-14-18-17(13)22(32)20-16(31)4-3-15(30)19(20)21(18)27-28(14)11-9-25-10-12-29/h1-4,24-26,29-31H,5-12,23H2. The zero-order valence-corrected chi connectivity index (χ0v) is 17.7. The van der Waals surface area contributed by atoms with Crippen molar-refractivity contribution in [1.82, 2.24) is 20.4 Å². The van der Waals surface area contributed by atoms with Crippen molar-refractivity contribution < 1.29 is 20.1 Å². The van der Waals surface area contributed by atoms with Crippen LogP contribution in [0.3, 0.4) is 0 Å². The van der Waals surface area contributed by atoms with Crippen LogP contribution < -0.4 is 21.7 Å². The number of aliphatic hydroxyl groups is 1. The third-order valence-corrected chi connectivity index (χ3v) is 5.50. The molecule has 0 fully saturated rings. The lowest BCUT2D eigenvalue weighted by molar-refractivity contribution is 0.103. The zero-order valence-electron chi connectivity index (χ0n) is 17.7. The summed E-state index contributed by atoms with van der Waals surface area (Å²) >= 11 is 0. The summed E-state index contributed by atoms with van der Waals surface area (Å²) in [5.74, 6) is -0.659. The molecule has 10 nitrogen and oxygen atoms in total. The second-order valence-electron chi connectivity index (χ2n) is 7.58. The lowest BCUT2D eigenvalue weighted by Crippen LogP contribution is -2.27. The molecule has 0 bridgehead atoms. The van der Waals surface area contributed by atoms with Gasteiger partial charge in [0.25, 0.3) is 0 Å². The Bertz CT molecular complexity index is 1140. The van der Waals surface area contributed by atoms with E-state index in [1.165, 1.54) is 12.1 Å². The van der Waals surface area contributed by atoms with Crippen molar-refractivity contribution in [2.75, 3.05) is 51.2 Å². The first-order valence-electron chi connectivity index (χ1n) is 10.7. The molecule has 1 heterocycles. The van der Waals surface area contributed by atoms with Crippen LogP contribution in [0.25, 0.3) is 22.2 Å². The average molecular weight is 441 g/mol. The highest BCUT2D eigenvalue weighted by atomic mass is 16.3. The van der Waals surface area contributed by atoms with Gasteiger partial charge in [-0.15, -0.1) is 0 Å². The summed E-state index contributed by atoms with van der Waals surface area (Å²) < 4.78 is 1.77. The molecule has 10 heteroatoms. The van der Waals surface area contributed by atoms with E-state index in [0.717, 1.165) is 5.52 Å². The average Bonchev–Trinajstić information content (AvgIpc) is 3.15. The van der Waals surface area contributed by atoms with E-state index in [2.05, 4.69) is 16.0 Å². The van der Waals surface area contributed by atoms with Crippen LogP contribution >= 0.6 is 0 Å². The number of rotatable bonds is 11. The van der Waals surface area contributed by atoms with E-state index in [-0.39, 0.29) is 35.0 Å². The largest absolute Gasteiger partial charge is 0.507 e. The van der Waals surface area contributed by atoms with E-state index in [4.69, 9.17) is 15.9 Å². The fourth-order valence-electron chi connectivity index (χ4n) is 4.08. The molecule has 170 valence electrons. The van der Waals surface area contributed by atoms with Gasteiger partial charge in [-0.2, -0.15) is 5.10 Å². The van der Waals surface area contributed by atoms with E-state index in [0.29, 0.717) is 68.1 Å². The maximum absolute atomic E-state index is 13.5. The van der Waals surface area contributed by atoms with Gasteiger partial charge in [0.15, 0.2) is 5.78 Å². The Balaban J connectivity index is 1.80. The van der Waals surface area contributed by atoms with Crippen molar-refractivity contribution in [3.63, 3.8) is 0 Å². The third-order valence-electron chi connectivity index (χ3n) is 5.50. The van der Waals surface area contributed by atoms with Crippen molar-refractivity contribution in [3.05, 3.63) is 35.4 Å². The van der Waals surface area contributed by atoms with Crippen LogP contribution in [0.15, 0.2) is 24.3 Å². The van der Waals surface area contributed by atoms with E-state index in [1.54, 1.807) is 4.68 Å². The fourth-order valence-corrected chi connectivity index (χ4v) is 4.08. The number of anilines is 1. The predicted molar refractivity (Wildman–Crippen MR) is 122 cm³/mol. The normalized spacial score (nSPS) is 12.4. The van der Waals surface area contributed by atoms with Crippen molar-refractivity contribution in [2.45, 2.75) is 6.54 Å². The molecule has 8 N–H and O–H groups in total. The molecule has 0 spiro atoms. The molecule has 3 aromatic rings. The topological polar surface area (TPSA) is 158 Å². The zero-order chi connectivity index (χ0) is 22.7. The van der Waals surface area contributed by atoms with E-state index in [1.807, 2.05) is 12.1 Å². The molecule has 4 rings (SSSR count). The summed E-state index contributed by atoms with van der Waals surface area (Å²) in [6.07, 6.45) is 0. The summed E-state index contributed by atoms with van der Waals surface area (Å²) in [6, 6.07) is 6.42. The molecule has 0 atom stereocenters. The maximum atomic E-state index is 13.5. The number of aromatic nitrogens is 2. The molecular formula is C22H28N6O4. The van der Waals surface area contributed by atoms with E-state index in [9.17, 15) is 15.0 Å². The summed E-state index contributed by atoms with van der Waals surface area (Å²) in [7, 11) is 0. The number of carbonyl (C=O) groups is 1. The quantitative estimate of drug-likeness (QED) is 0.128. The molecule has 0 amide bonds. The minimum atomic E-state index is -0.359. The van der Waals surface area contributed by atoms with Gasteiger partial charge in [-0.05, 0) is 24.3 Å². The van der Waals surface area contributed by atoms with Crippen LogP contribution in [-0.2, 0) is 6.54 Å². The van der Waals surface area contributed by atoms with Gasteiger partial charge in [-0.3, -0.25) is 9.48 Å². The number of phenolic OH excluding ortho intramolecular Hbond substituents is 2. The molecule has 0 radical (unpaired) electrons. The number of aliphatic hydroxyl groups excluding tert-OH is 1. The number of nitrogens with one attached hydrogen (secondary N) is 3. The monoisotopic (exact) mass is 440 g/mol. The molecule has 1 aliphatic carbocycles. The summed E-state index contributed by atoms with van der Waals surface area (Å²) in [5.41, 5.74) is 8.09. The van der Waals surface area contributed by atoms with Gasteiger partial charge in [-0.1, -0.05) is 0 Å². The molecule has 2 aromatic carbocycles. The first-order valence-corrected chi connectivity index (χ1v) is 10.7. The number of nitrogens with zero attached hydrogens (tertiary/aromatic N) is 2. The molecule has 0 saturated heterocycles. The lowest BCUT2D eigenvalue weighted by atomic mass is 9.85. The Labute approximate surface area is 185 Å². The smallest absolute Gasteiger partial charge is 0.200 e. The predicted octanol–water partition coefficient (Wildman–Crippen LogP) is 0.201. The van der Waals surface area contributed by atoms with Gasteiger partial charge >= 0.3 is 0 Å². The Morgan fingerprint density at radius 2 is 1.66 bits per heavy atom. The van der Waals surface area contributed by atoms with Crippen LogP contribution in [0.1, 0.15) is 15.9 Å². The Morgan fingerprint density at radius 3 is 2.41 bits per heavy atom. The minimum absolute atomic E-state index is 0.0411. The van der Waals surface area contributed by atoms with Gasteiger partial charge in [0.2, 0.25) is 0 Å². The summed E-state index contributed by atoms with van der Waals surface area (Å²) in [5, 5.41) is 44.9. The Morgan fingerprint density at radius 1 is 0.906 bits per heavy atom. The maximum Gasteiger partial charge on any atom is 0.200 e. The molecule has 1 aliphatic rings. The summed E-state index contributed by atoms with van der Waals surface area (Å²) in [6.45, 7) is 4.10. The first kappa shape index (κ1) is 22.0. The van der Waals surface area contributed by atoms with Gasteiger partial charge in [0.1, 0.15) is 17.2 Å². The van der Waals surface area contributed by atoms with Crippen molar-refractivity contribution in [1.29, 1.82) is 0 Å². The Hall–Kier alpha value is -3.18. The minimum Gasteiger partial charge on any atom is -0.507 e. The number of hydrogen-bond acceptors (Lipinski definition) is 9. The van der Waals surface area contributed by atoms with Crippen molar-refractivity contribution >= 4 is 22.4 Å². The van der Waals surface area contributed by atoms with Crippen molar-refractivity contribution in [3.8, 4) is 22.8 Å². The molecule has 0 unspecified atom stereocenters. The van der Waals surface area contributed by atoms with Gasteiger partial charge < -0.3 is 37.0 Å². The molecule has 1 aromatic heterocycles. The molecule has 32 heavy (non-hydrogen) atoms.